The molecule has 8 heteroatoms. The molecule has 1 atom stereocenters. The minimum atomic E-state index is -4.44. The Morgan fingerprint density at radius 2 is 1.83 bits per heavy atom. The van der Waals surface area contributed by atoms with E-state index in [1.165, 1.54) is 6.08 Å². The SMILES string of the molecule is CCCCOC(=O)C=CC(C)Oc1ccc(Oc2ccc(C(F)(F)F)cn2)cc1. The first-order valence-corrected chi connectivity index (χ1v) is 9.10. The Kier molecular flexibility index (Phi) is 8.06. The number of ether oxygens (including phenoxy) is 3. The molecular formula is C21H22F3NO4. The van der Waals surface area contributed by atoms with Gasteiger partial charge in [-0.05, 0) is 49.8 Å². The van der Waals surface area contributed by atoms with E-state index in [0.29, 0.717) is 24.3 Å². The van der Waals surface area contributed by atoms with E-state index in [0.717, 1.165) is 25.0 Å². The van der Waals surface area contributed by atoms with Crippen LogP contribution in [-0.2, 0) is 15.7 Å². The van der Waals surface area contributed by atoms with Gasteiger partial charge < -0.3 is 14.2 Å². The third kappa shape index (κ3) is 7.85. The van der Waals surface area contributed by atoms with Gasteiger partial charge in [0, 0.05) is 18.3 Å². The first kappa shape index (κ1) is 22.3. The molecule has 0 aliphatic heterocycles. The van der Waals surface area contributed by atoms with Crippen LogP contribution in [0.2, 0.25) is 0 Å². The number of halogens is 3. The minimum Gasteiger partial charge on any atom is -0.487 e. The van der Waals surface area contributed by atoms with E-state index in [1.807, 2.05) is 6.92 Å². The molecule has 0 aliphatic rings. The summed E-state index contributed by atoms with van der Waals surface area (Å²) in [5, 5.41) is 0. The fraction of sp³-hybridized carbons (Fsp3) is 0.333. The zero-order valence-corrected chi connectivity index (χ0v) is 16.1. The van der Waals surface area contributed by atoms with Crippen molar-refractivity contribution in [2.24, 2.45) is 0 Å². The van der Waals surface area contributed by atoms with E-state index in [4.69, 9.17) is 14.2 Å². The zero-order chi connectivity index (χ0) is 21.3. The molecule has 1 aromatic carbocycles. The monoisotopic (exact) mass is 409 g/mol. The van der Waals surface area contributed by atoms with Gasteiger partial charge in [-0.15, -0.1) is 0 Å². The van der Waals surface area contributed by atoms with E-state index in [1.54, 1.807) is 37.3 Å². The van der Waals surface area contributed by atoms with Crippen LogP contribution in [0.4, 0.5) is 13.2 Å². The molecule has 156 valence electrons. The number of benzene rings is 1. The molecule has 0 amide bonds. The van der Waals surface area contributed by atoms with Gasteiger partial charge in [-0.2, -0.15) is 13.2 Å². The molecule has 0 saturated carbocycles. The molecule has 0 aliphatic carbocycles. The third-order valence-electron chi connectivity index (χ3n) is 3.68. The lowest BCUT2D eigenvalue weighted by Gasteiger charge is -2.12. The Hall–Kier alpha value is -3.03. The molecule has 0 saturated heterocycles. The molecule has 1 unspecified atom stereocenters. The number of nitrogens with zero attached hydrogens (tertiary/aromatic N) is 1. The van der Waals surface area contributed by atoms with Gasteiger partial charge in [0.1, 0.15) is 17.6 Å². The summed E-state index contributed by atoms with van der Waals surface area (Å²) in [5.74, 6) is 0.563. The molecule has 5 nitrogen and oxygen atoms in total. The lowest BCUT2D eigenvalue weighted by atomic mass is 10.3. The van der Waals surface area contributed by atoms with E-state index < -0.39 is 17.7 Å². The zero-order valence-electron chi connectivity index (χ0n) is 16.1. The van der Waals surface area contributed by atoms with Crippen LogP contribution in [0.1, 0.15) is 32.3 Å². The Balaban J connectivity index is 1.85. The maximum absolute atomic E-state index is 12.5. The molecule has 0 spiro atoms. The van der Waals surface area contributed by atoms with Crippen molar-refractivity contribution >= 4 is 5.97 Å². The molecule has 0 fully saturated rings. The van der Waals surface area contributed by atoms with Crippen LogP contribution in [0.15, 0.2) is 54.7 Å². The summed E-state index contributed by atoms with van der Waals surface area (Å²) in [4.78, 5) is 15.2. The first-order valence-electron chi connectivity index (χ1n) is 9.10. The number of carbonyl (C=O) groups excluding carboxylic acids is 1. The number of hydrogen-bond acceptors (Lipinski definition) is 5. The van der Waals surface area contributed by atoms with Gasteiger partial charge in [0.2, 0.25) is 5.88 Å². The highest BCUT2D eigenvalue weighted by Crippen LogP contribution is 2.30. The lowest BCUT2D eigenvalue weighted by molar-refractivity contribution is -0.138. The lowest BCUT2D eigenvalue weighted by Crippen LogP contribution is -2.10. The Bertz CT molecular complexity index is 802. The normalized spacial score (nSPS) is 12.6. The minimum absolute atomic E-state index is 0.0459. The second-order valence-corrected chi connectivity index (χ2v) is 6.16. The van der Waals surface area contributed by atoms with Crippen LogP contribution in [0.5, 0.6) is 17.4 Å². The predicted octanol–water partition coefficient (Wildman–Crippen LogP) is 5.56. The summed E-state index contributed by atoms with van der Waals surface area (Å²) >= 11 is 0. The number of hydrogen-bond donors (Lipinski definition) is 0. The summed E-state index contributed by atoms with van der Waals surface area (Å²) in [6.07, 6.45) is 0.597. The van der Waals surface area contributed by atoms with Crippen molar-refractivity contribution in [3.63, 3.8) is 0 Å². The molecule has 0 N–H and O–H groups in total. The van der Waals surface area contributed by atoms with Crippen molar-refractivity contribution in [1.82, 2.24) is 4.98 Å². The fourth-order valence-electron chi connectivity index (χ4n) is 2.15. The average molecular weight is 409 g/mol. The summed E-state index contributed by atoms with van der Waals surface area (Å²) in [5.41, 5.74) is -0.843. The third-order valence-corrected chi connectivity index (χ3v) is 3.68. The number of pyridine rings is 1. The highest BCUT2D eigenvalue weighted by molar-refractivity contribution is 5.81. The van der Waals surface area contributed by atoms with Gasteiger partial charge in [0.15, 0.2) is 0 Å². The molecule has 0 radical (unpaired) electrons. The molecule has 2 rings (SSSR count). The van der Waals surface area contributed by atoms with Crippen molar-refractivity contribution in [2.45, 2.75) is 39.0 Å². The van der Waals surface area contributed by atoms with Crippen molar-refractivity contribution in [1.29, 1.82) is 0 Å². The van der Waals surface area contributed by atoms with E-state index in [9.17, 15) is 18.0 Å². The van der Waals surface area contributed by atoms with Crippen LogP contribution < -0.4 is 9.47 Å². The number of rotatable bonds is 9. The first-order chi connectivity index (χ1) is 13.8. The van der Waals surface area contributed by atoms with E-state index in [2.05, 4.69) is 4.98 Å². The van der Waals surface area contributed by atoms with Crippen molar-refractivity contribution in [3.05, 3.63) is 60.3 Å². The summed E-state index contributed by atoms with van der Waals surface area (Å²) in [6, 6.07) is 8.54. The second-order valence-electron chi connectivity index (χ2n) is 6.16. The van der Waals surface area contributed by atoms with Gasteiger partial charge in [0.05, 0.1) is 12.2 Å². The maximum atomic E-state index is 12.5. The van der Waals surface area contributed by atoms with Crippen LogP contribution >= 0.6 is 0 Å². The number of carbonyl (C=O) groups is 1. The average Bonchev–Trinajstić information content (AvgIpc) is 2.68. The van der Waals surface area contributed by atoms with E-state index in [-0.39, 0.29) is 12.0 Å². The highest BCUT2D eigenvalue weighted by Gasteiger charge is 2.30. The summed E-state index contributed by atoms with van der Waals surface area (Å²) in [6.45, 7) is 4.17. The Morgan fingerprint density at radius 1 is 1.14 bits per heavy atom. The second kappa shape index (κ2) is 10.5. The standard InChI is InChI=1S/C21H22F3NO4/c1-3-4-13-27-20(26)12-5-15(2)28-17-7-9-18(10-8-17)29-19-11-6-16(14-25-19)21(22,23)24/h5-12,14-15H,3-4,13H2,1-2H3. The highest BCUT2D eigenvalue weighted by atomic mass is 19.4. The van der Waals surface area contributed by atoms with Gasteiger partial charge in [-0.1, -0.05) is 13.3 Å². The topological polar surface area (TPSA) is 57.7 Å². The summed E-state index contributed by atoms with van der Waals surface area (Å²) in [7, 11) is 0. The van der Waals surface area contributed by atoms with Crippen LogP contribution in [0.3, 0.4) is 0 Å². The molecule has 2 aromatic rings. The van der Waals surface area contributed by atoms with Crippen molar-refractivity contribution in [3.8, 4) is 17.4 Å². The smallest absolute Gasteiger partial charge is 0.417 e. The van der Waals surface area contributed by atoms with Crippen LogP contribution in [-0.4, -0.2) is 23.7 Å². The van der Waals surface area contributed by atoms with Gasteiger partial charge >= 0.3 is 12.1 Å². The fourth-order valence-corrected chi connectivity index (χ4v) is 2.15. The quantitative estimate of drug-likeness (QED) is 0.308. The molecular weight excluding hydrogens is 387 g/mol. The number of esters is 1. The summed E-state index contributed by atoms with van der Waals surface area (Å²) < 4.78 is 53.7. The van der Waals surface area contributed by atoms with E-state index >= 15 is 0 Å². The van der Waals surface area contributed by atoms with Crippen molar-refractivity contribution < 1.29 is 32.2 Å². The van der Waals surface area contributed by atoms with Crippen LogP contribution in [0, 0.1) is 0 Å². The largest absolute Gasteiger partial charge is 0.487 e. The van der Waals surface area contributed by atoms with Gasteiger partial charge in [0.25, 0.3) is 0 Å². The Labute approximate surface area is 167 Å². The number of aromatic nitrogens is 1. The van der Waals surface area contributed by atoms with Crippen molar-refractivity contribution in [2.75, 3.05) is 6.61 Å². The number of unbranched alkanes of at least 4 members (excludes halogenated alkanes) is 1. The van der Waals surface area contributed by atoms with Gasteiger partial charge in [-0.3, -0.25) is 0 Å². The predicted molar refractivity (Wildman–Crippen MR) is 101 cm³/mol. The number of alkyl halides is 3. The molecule has 1 heterocycles. The molecule has 29 heavy (non-hydrogen) atoms. The molecule has 0 bridgehead atoms. The van der Waals surface area contributed by atoms with Gasteiger partial charge in [-0.25, -0.2) is 9.78 Å². The van der Waals surface area contributed by atoms with Crippen LogP contribution in [0.25, 0.3) is 0 Å². The maximum Gasteiger partial charge on any atom is 0.417 e. The Morgan fingerprint density at radius 3 is 2.41 bits per heavy atom. The molecule has 1 aromatic heterocycles.